The first kappa shape index (κ1) is 13.0. The highest BCUT2D eigenvalue weighted by atomic mass is 16.4. The monoisotopic (exact) mass is 228 g/mol. The average Bonchev–Trinajstić information content (AvgIpc) is 2.27. The molecular weight excluding hydrogens is 208 g/mol. The lowest BCUT2D eigenvalue weighted by atomic mass is 9.95. The van der Waals surface area contributed by atoms with Crippen molar-refractivity contribution < 1.29 is 14.7 Å². The molecule has 0 aliphatic heterocycles. The molecule has 0 unspecified atom stereocenters. The highest BCUT2D eigenvalue weighted by Crippen LogP contribution is 2.16. The van der Waals surface area contributed by atoms with E-state index in [2.05, 4.69) is 10.6 Å². The minimum atomic E-state index is -0.939. The lowest BCUT2D eigenvalue weighted by Crippen LogP contribution is -2.45. The first-order valence-corrected chi connectivity index (χ1v) is 5.85. The third kappa shape index (κ3) is 4.61. The van der Waals surface area contributed by atoms with Gasteiger partial charge in [-0.3, -0.25) is 14.9 Å². The maximum atomic E-state index is 11.5. The maximum absolute atomic E-state index is 11.5. The smallest absolute Gasteiger partial charge is 0.320 e. The second-order valence-electron chi connectivity index (χ2n) is 4.34. The lowest BCUT2D eigenvalue weighted by Gasteiger charge is -2.23. The van der Waals surface area contributed by atoms with Crippen LogP contribution in [0.5, 0.6) is 0 Å². The second-order valence-corrected chi connectivity index (χ2v) is 4.34. The molecule has 0 aromatic carbocycles. The largest absolute Gasteiger partial charge is 0.480 e. The molecule has 1 aliphatic carbocycles. The van der Waals surface area contributed by atoms with Crippen LogP contribution < -0.4 is 10.6 Å². The van der Waals surface area contributed by atoms with Crippen LogP contribution in [0.2, 0.25) is 0 Å². The predicted octanol–water partition coefficient (Wildman–Crippen LogP) is 0.498. The van der Waals surface area contributed by atoms with Crippen LogP contribution in [0.4, 0.5) is 0 Å². The zero-order valence-electron chi connectivity index (χ0n) is 9.66. The van der Waals surface area contributed by atoms with Gasteiger partial charge in [0, 0.05) is 6.04 Å². The fourth-order valence-corrected chi connectivity index (χ4v) is 1.86. The summed E-state index contributed by atoms with van der Waals surface area (Å²) in [7, 11) is 0. The molecule has 0 radical (unpaired) electrons. The van der Waals surface area contributed by atoms with Gasteiger partial charge in [0.1, 0.15) is 6.04 Å². The third-order valence-corrected chi connectivity index (χ3v) is 2.91. The van der Waals surface area contributed by atoms with Gasteiger partial charge in [-0.1, -0.05) is 19.3 Å². The molecule has 1 saturated carbocycles. The SMILES string of the molecule is C[C@@H](NCC(=O)NC1CCCCC1)C(=O)O. The first-order chi connectivity index (χ1) is 7.59. The second kappa shape index (κ2) is 6.48. The summed E-state index contributed by atoms with van der Waals surface area (Å²) in [5.41, 5.74) is 0. The van der Waals surface area contributed by atoms with Crippen LogP contribution in [0.25, 0.3) is 0 Å². The number of hydrogen-bond acceptors (Lipinski definition) is 3. The Kier molecular flexibility index (Phi) is 5.25. The predicted molar refractivity (Wildman–Crippen MR) is 60.1 cm³/mol. The fraction of sp³-hybridized carbons (Fsp3) is 0.818. The Labute approximate surface area is 95.6 Å². The quantitative estimate of drug-likeness (QED) is 0.640. The van der Waals surface area contributed by atoms with E-state index in [4.69, 9.17) is 5.11 Å². The minimum Gasteiger partial charge on any atom is -0.480 e. The molecule has 1 rings (SSSR count). The van der Waals surface area contributed by atoms with Crippen LogP contribution in [0.15, 0.2) is 0 Å². The van der Waals surface area contributed by atoms with Crippen molar-refractivity contribution in [2.24, 2.45) is 0 Å². The third-order valence-electron chi connectivity index (χ3n) is 2.91. The van der Waals surface area contributed by atoms with Crippen molar-refractivity contribution in [1.82, 2.24) is 10.6 Å². The molecule has 1 aliphatic rings. The van der Waals surface area contributed by atoms with Gasteiger partial charge in [0.2, 0.25) is 5.91 Å². The number of nitrogens with one attached hydrogen (secondary N) is 2. The van der Waals surface area contributed by atoms with Gasteiger partial charge in [-0.25, -0.2) is 0 Å². The summed E-state index contributed by atoms with van der Waals surface area (Å²) in [6.45, 7) is 1.60. The number of hydrogen-bond donors (Lipinski definition) is 3. The number of carbonyl (C=O) groups excluding carboxylic acids is 1. The Hall–Kier alpha value is -1.10. The Morgan fingerprint density at radius 1 is 1.31 bits per heavy atom. The van der Waals surface area contributed by atoms with Crippen molar-refractivity contribution in [3.8, 4) is 0 Å². The van der Waals surface area contributed by atoms with Gasteiger partial charge < -0.3 is 10.4 Å². The zero-order chi connectivity index (χ0) is 12.0. The zero-order valence-corrected chi connectivity index (χ0v) is 9.66. The van der Waals surface area contributed by atoms with Crippen LogP contribution >= 0.6 is 0 Å². The van der Waals surface area contributed by atoms with Crippen LogP contribution in [0.3, 0.4) is 0 Å². The van der Waals surface area contributed by atoms with Gasteiger partial charge in [-0.15, -0.1) is 0 Å². The number of rotatable bonds is 5. The van der Waals surface area contributed by atoms with E-state index in [0.717, 1.165) is 12.8 Å². The summed E-state index contributed by atoms with van der Waals surface area (Å²) < 4.78 is 0. The average molecular weight is 228 g/mol. The fourth-order valence-electron chi connectivity index (χ4n) is 1.86. The molecule has 1 amide bonds. The van der Waals surface area contributed by atoms with Crippen LogP contribution in [0, 0.1) is 0 Å². The van der Waals surface area contributed by atoms with Gasteiger partial charge in [-0.2, -0.15) is 0 Å². The Morgan fingerprint density at radius 2 is 1.94 bits per heavy atom. The Balaban J connectivity index is 2.17. The van der Waals surface area contributed by atoms with Gasteiger partial charge in [-0.05, 0) is 19.8 Å². The molecule has 5 heteroatoms. The summed E-state index contributed by atoms with van der Waals surface area (Å²) >= 11 is 0. The standard InChI is InChI=1S/C11H20N2O3/c1-8(11(15)16)12-7-10(14)13-9-5-3-2-4-6-9/h8-9,12H,2-7H2,1H3,(H,13,14)(H,15,16)/t8-/m1/s1. The summed E-state index contributed by atoms with van der Waals surface area (Å²) in [4.78, 5) is 22.0. The topological polar surface area (TPSA) is 78.4 Å². The molecule has 0 heterocycles. The summed E-state index contributed by atoms with van der Waals surface area (Å²) in [6.07, 6.45) is 5.68. The van der Waals surface area contributed by atoms with Crippen LogP contribution in [-0.4, -0.2) is 35.6 Å². The Morgan fingerprint density at radius 3 is 2.50 bits per heavy atom. The first-order valence-electron chi connectivity index (χ1n) is 5.85. The van der Waals surface area contributed by atoms with E-state index in [-0.39, 0.29) is 18.5 Å². The van der Waals surface area contributed by atoms with E-state index in [9.17, 15) is 9.59 Å². The minimum absolute atomic E-state index is 0.0734. The molecule has 3 N–H and O–H groups in total. The summed E-state index contributed by atoms with van der Waals surface area (Å²) in [5.74, 6) is -1.05. The van der Waals surface area contributed by atoms with E-state index in [1.807, 2.05) is 0 Å². The lowest BCUT2D eigenvalue weighted by molar-refractivity contribution is -0.139. The molecule has 0 bridgehead atoms. The molecule has 0 spiro atoms. The maximum Gasteiger partial charge on any atom is 0.320 e. The van der Waals surface area contributed by atoms with Crippen molar-refractivity contribution in [2.45, 2.75) is 51.1 Å². The van der Waals surface area contributed by atoms with Crippen molar-refractivity contribution in [3.63, 3.8) is 0 Å². The van der Waals surface area contributed by atoms with E-state index in [1.165, 1.54) is 26.2 Å². The number of carbonyl (C=O) groups is 2. The molecule has 0 aromatic rings. The molecule has 5 nitrogen and oxygen atoms in total. The number of carboxylic acids is 1. The molecule has 1 atom stereocenters. The summed E-state index contributed by atoms with van der Waals surface area (Å²) in [6, 6.07) is -0.403. The number of amides is 1. The van der Waals surface area contributed by atoms with E-state index < -0.39 is 12.0 Å². The van der Waals surface area contributed by atoms with E-state index >= 15 is 0 Å². The van der Waals surface area contributed by atoms with Gasteiger partial charge in [0.15, 0.2) is 0 Å². The number of aliphatic carboxylic acids is 1. The van der Waals surface area contributed by atoms with Gasteiger partial charge in [0.25, 0.3) is 0 Å². The van der Waals surface area contributed by atoms with Crippen molar-refractivity contribution >= 4 is 11.9 Å². The molecule has 0 aromatic heterocycles. The highest BCUT2D eigenvalue weighted by Gasteiger charge is 2.16. The van der Waals surface area contributed by atoms with E-state index in [0.29, 0.717) is 0 Å². The molecule has 1 fully saturated rings. The molecule has 0 saturated heterocycles. The normalized spacial score (nSPS) is 19.1. The molecule has 16 heavy (non-hydrogen) atoms. The molecular formula is C11H20N2O3. The van der Waals surface area contributed by atoms with E-state index in [1.54, 1.807) is 0 Å². The van der Waals surface area contributed by atoms with Crippen molar-refractivity contribution in [1.29, 1.82) is 0 Å². The van der Waals surface area contributed by atoms with Crippen molar-refractivity contribution in [2.75, 3.05) is 6.54 Å². The molecule has 92 valence electrons. The number of carboxylic acid groups (broad SMARTS) is 1. The van der Waals surface area contributed by atoms with Crippen LogP contribution in [0.1, 0.15) is 39.0 Å². The highest BCUT2D eigenvalue weighted by molar-refractivity contribution is 5.80. The van der Waals surface area contributed by atoms with Crippen LogP contribution in [-0.2, 0) is 9.59 Å². The summed E-state index contributed by atoms with van der Waals surface area (Å²) in [5, 5.41) is 14.2. The Bertz CT molecular complexity index is 250. The van der Waals surface area contributed by atoms with Gasteiger partial charge >= 0.3 is 5.97 Å². The van der Waals surface area contributed by atoms with Gasteiger partial charge in [0.05, 0.1) is 6.54 Å². The van der Waals surface area contributed by atoms with Crippen molar-refractivity contribution in [3.05, 3.63) is 0 Å².